The van der Waals surface area contributed by atoms with Gasteiger partial charge in [0.15, 0.2) is 11.5 Å². The number of urea groups is 1. The van der Waals surface area contributed by atoms with Crippen molar-refractivity contribution in [2.75, 3.05) is 27.8 Å². The topological polar surface area (TPSA) is 79.9 Å². The molecule has 2 rings (SSSR count). The van der Waals surface area contributed by atoms with Crippen LogP contribution in [0.3, 0.4) is 0 Å². The van der Waals surface area contributed by atoms with Gasteiger partial charge < -0.3 is 14.8 Å². The molecule has 1 aromatic carbocycles. The zero-order chi connectivity index (χ0) is 16.8. The summed E-state index contributed by atoms with van der Waals surface area (Å²) >= 11 is 0. The van der Waals surface area contributed by atoms with Crippen molar-refractivity contribution in [2.45, 2.75) is 25.4 Å². The van der Waals surface area contributed by atoms with Gasteiger partial charge in [0.1, 0.15) is 0 Å². The molecule has 0 radical (unpaired) electrons. The highest BCUT2D eigenvalue weighted by atomic mass is 16.5. The summed E-state index contributed by atoms with van der Waals surface area (Å²) < 4.78 is 10.5. The van der Waals surface area contributed by atoms with Gasteiger partial charge >= 0.3 is 6.03 Å². The number of carbonyl (C=O) groups excluding carboxylic acids is 2. The normalized spacial score (nSPS) is 13.6. The molecule has 1 aromatic rings. The van der Waals surface area contributed by atoms with Crippen molar-refractivity contribution in [3.63, 3.8) is 0 Å². The van der Waals surface area contributed by atoms with Crippen molar-refractivity contribution < 1.29 is 19.1 Å². The Morgan fingerprint density at radius 2 is 1.91 bits per heavy atom. The Kier molecular flexibility index (Phi) is 5.81. The molecule has 0 heterocycles. The van der Waals surface area contributed by atoms with Crippen LogP contribution in [0.25, 0.3) is 0 Å². The van der Waals surface area contributed by atoms with Gasteiger partial charge in [-0.2, -0.15) is 0 Å². The highest BCUT2D eigenvalue weighted by molar-refractivity contribution is 5.95. The Bertz CT molecular complexity index is 572. The number of ether oxygens (including phenoxy) is 2. The molecule has 1 fully saturated rings. The van der Waals surface area contributed by atoms with E-state index in [-0.39, 0.29) is 18.5 Å². The number of amides is 3. The summed E-state index contributed by atoms with van der Waals surface area (Å²) in [5, 5.41) is 5.05. The van der Waals surface area contributed by atoms with Crippen LogP contribution in [-0.4, -0.2) is 50.7 Å². The van der Waals surface area contributed by atoms with Crippen molar-refractivity contribution in [3.8, 4) is 11.5 Å². The Hall–Kier alpha value is -2.28. The van der Waals surface area contributed by atoms with Gasteiger partial charge in [-0.05, 0) is 37.6 Å². The number of hydrogen-bond acceptors (Lipinski definition) is 5. The van der Waals surface area contributed by atoms with Gasteiger partial charge in [-0.15, -0.1) is 0 Å². The molecule has 0 aliphatic heterocycles. The van der Waals surface area contributed by atoms with E-state index in [2.05, 4.69) is 10.6 Å². The number of benzene rings is 1. The second kappa shape index (κ2) is 7.82. The van der Waals surface area contributed by atoms with Gasteiger partial charge in [0.05, 0.1) is 20.8 Å². The second-order valence-electron chi connectivity index (χ2n) is 5.66. The highest BCUT2D eigenvalue weighted by Crippen LogP contribution is 2.27. The van der Waals surface area contributed by atoms with E-state index >= 15 is 0 Å². The number of hydrogen-bond donors (Lipinski definition) is 2. The quantitative estimate of drug-likeness (QED) is 0.787. The lowest BCUT2D eigenvalue weighted by atomic mass is 10.2. The largest absolute Gasteiger partial charge is 0.493 e. The number of nitrogens with one attached hydrogen (secondary N) is 2. The average Bonchev–Trinajstić information content (AvgIpc) is 3.30. The minimum absolute atomic E-state index is 0.131. The van der Waals surface area contributed by atoms with Crippen LogP contribution in [0.5, 0.6) is 11.5 Å². The maximum absolute atomic E-state index is 11.8. The van der Waals surface area contributed by atoms with Gasteiger partial charge in [0.2, 0.25) is 5.91 Å². The molecule has 1 saturated carbocycles. The van der Waals surface area contributed by atoms with Crippen LogP contribution >= 0.6 is 0 Å². The molecule has 1 aliphatic rings. The zero-order valence-electron chi connectivity index (χ0n) is 13.7. The van der Waals surface area contributed by atoms with E-state index in [0.717, 1.165) is 18.4 Å². The Morgan fingerprint density at radius 3 is 2.52 bits per heavy atom. The summed E-state index contributed by atoms with van der Waals surface area (Å²) in [6.07, 6.45) is 1.97. The van der Waals surface area contributed by atoms with Crippen LogP contribution in [0.4, 0.5) is 4.79 Å². The lowest BCUT2D eigenvalue weighted by Crippen LogP contribution is -2.44. The first-order chi connectivity index (χ1) is 11.0. The molecular weight excluding hydrogens is 298 g/mol. The number of nitrogens with zero attached hydrogens (tertiary/aromatic N) is 1. The van der Waals surface area contributed by atoms with E-state index in [9.17, 15) is 9.59 Å². The van der Waals surface area contributed by atoms with E-state index in [4.69, 9.17) is 9.47 Å². The van der Waals surface area contributed by atoms with Crippen LogP contribution in [-0.2, 0) is 11.3 Å². The summed E-state index contributed by atoms with van der Waals surface area (Å²) in [4.78, 5) is 25.1. The molecule has 7 nitrogen and oxygen atoms in total. The third-order valence-corrected chi connectivity index (χ3v) is 3.48. The monoisotopic (exact) mass is 321 g/mol. The molecule has 2 N–H and O–H groups in total. The van der Waals surface area contributed by atoms with E-state index in [1.165, 1.54) is 0 Å². The number of rotatable bonds is 7. The maximum Gasteiger partial charge on any atom is 0.321 e. The van der Waals surface area contributed by atoms with Gasteiger partial charge in [-0.25, -0.2) is 4.79 Å². The first-order valence-corrected chi connectivity index (χ1v) is 7.51. The SMILES string of the molecule is COc1ccc(CN(C)CC(=O)NC(=O)NC2CC2)cc1OC. The molecule has 1 aliphatic carbocycles. The molecule has 0 unspecified atom stereocenters. The fourth-order valence-corrected chi connectivity index (χ4v) is 2.21. The molecule has 23 heavy (non-hydrogen) atoms. The summed E-state index contributed by atoms with van der Waals surface area (Å²) in [7, 11) is 4.98. The molecule has 0 aromatic heterocycles. The van der Waals surface area contributed by atoms with Gasteiger partial charge in [0, 0.05) is 12.6 Å². The van der Waals surface area contributed by atoms with Crippen LogP contribution in [0.15, 0.2) is 18.2 Å². The van der Waals surface area contributed by atoms with Crippen LogP contribution in [0.1, 0.15) is 18.4 Å². The molecule has 0 saturated heterocycles. The lowest BCUT2D eigenvalue weighted by molar-refractivity contribution is -0.120. The van der Waals surface area contributed by atoms with Crippen molar-refractivity contribution in [3.05, 3.63) is 23.8 Å². The number of imide groups is 1. The molecular formula is C16H23N3O4. The first-order valence-electron chi connectivity index (χ1n) is 7.51. The summed E-state index contributed by atoms with van der Waals surface area (Å²) in [6.45, 7) is 0.685. The van der Waals surface area contributed by atoms with Crippen molar-refractivity contribution >= 4 is 11.9 Å². The smallest absolute Gasteiger partial charge is 0.321 e. The van der Waals surface area contributed by atoms with Crippen molar-refractivity contribution in [2.24, 2.45) is 0 Å². The molecule has 0 bridgehead atoms. The van der Waals surface area contributed by atoms with Crippen molar-refractivity contribution in [1.29, 1.82) is 0 Å². The Balaban J connectivity index is 1.82. The predicted molar refractivity (Wildman–Crippen MR) is 85.6 cm³/mol. The summed E-state index contributed by atoms with van der Waals surface area (Å²) in [6, 6.07) is 5.41. The first kappa shape index (κ1) is 17.1. The average molecular weight is 321 g/mol. The fourth-order valence-electron chi connectivity index (χ4n) is 2.21. The lowest BCUT2D eigenvalue weighted by Gasteiger charge is -2.17. The third-order valence-electron chi connectivity index (χ3n) is 3.48. The molecule has 3 amide bonds. The fraction of sp³-hybridized carbons (Fsp3) is 0.500. The molecule has 126 valence electrons. The van der Waals surface area contributed by atoms with E-state index in [0.29, 0.717) is 18.0 Å². The Labute approximate surface area is 135 Å². The summed E-state index contributed by atoms with van der Waals surface area (Å²) in [5.41, 5.74) is 0.986. The van der Waals surface area contributed by atoms with E-state index in [1.807, 2.05) is 30.1 Å². The van der Waals surface area contributed by atoms with E-state index < -0.39 is 6.03 Å². The number of likely N-dealkylation sites (N-methyl/N-ethyl adjacent to an activating group) is 1. The predicted octanol–water partition coefficient (Wildman–Crippen LogP) is 1.12. The number of carbonyl (C=O) groups is 2. The van der Waals surface area contributed by atoms with Crippen molar-refractivity contribution in [1.82, 2.24) is 15.5 Å². The maximum atomic E-state index is 11.8. The molecule has 0 spiro atoms. The van der Waals surface area contributed by atoms with Crippen LogP contribution < -0.4 is 20.1 Å². The summed E-state index contributed by atoms with van der Waals surface area (Å²) in [5.74, 6) is 0.978. The molecule has 0 atom stereocenters. The minimum Gasteiger partial charge on any atom is -0.493 e. The number of methoxy groups -OCH3 is 2. The Morgan fingerprint density at radius 1 is 1.22 bits per heavy atom. The third kappa shape index (κ3) is 5.45. The van der Waals surface area contributed by atoms with Crippen LogP contribution in [0.2, 0.25) is 0 Å². The standard InChI is InChI=1S/C16H23N3O4/c1-19(10-15(20)18-16(21)17-12-5-6-12)9-11-4-7-13(22-2)14(8-11)23-3/h4,7-8,12H,5-6,9-10H2,1-3H3,(H2,17,18,20,21). The minimum atomic E-state index is -0.419. The molecule has 7 heteroatoms. The van der Waals surface area contributed by atoms with Crippen LogP contribution in [0, 0.1) is 0 Å². The van der Waals surface area contributed by atoms with Gasteiger partial charge in [-0.3, -0.25) is 15.0 Å². The highest BCUT2D eigenvalue weighted by Gasteiger charge is 2.24. The second-order valence-corrected chi connectivity index (χ2v) is 5.66. The van der Waals surface area contributed by atoms with E-state index in [1.54, 1.807) is 14.2 Å². The zero-order valence-corrected chi connectivity index (χ0v) is 13.7. The van der Waals surface area contributed by atoms with Gasteiger partial charge in [-0.1, -0.05) is 6.07 Å². The van der Waals surface area contributed by atoms with Gasteiger partial charge in [0.25, 0.3) is 0 Å².